The van der Waals surface area contributed by atoms with Crippen LogP contribution in [0.25, 0.3) is 10.6 Å². The van der Waals surface area contributed by atoms with Crippen molar-refractivity contribution in [1.29, 1.82) is 0 Å². The summed E-state index contributed by atoms with van der Waals surface area (Å²) >= 11 is 1.11. The van der Waals surface area contributed by atoms with E-state index in [1.165, 1.54) is 6.07 Å². The first-order valence-corrected chi connectivity index (χ1v) is 9.19. The Hall–Kier alpha value is -2.94. The molecule has 0 bridgehead atoms. The average Bonchev–Trinajstić information content (AvgIpc) is 3.05. The highest BCUT2D eigenvalue weighted by molar-refractivity contribution is 7.18. The van der Waals surface area contributed by atoms with Crippen LogP contribution < -0.4 is 11.0 Å². The van der Waals surface area contributed by atoms with Gasteiger partial charge in [0.25, 0.3) is 0 Å². The quantitative estimate of drug-likeness (QED) is 0.702. The fraction of sp³-hybridized carbons (Fsp3) is 0.278. The van der Waals surface area contributed by atoms with E-state index < -0.39 is 0 Å². The molecule has 0 aliphatic carbocycles. The first kappa shape index (κ1) is 18.8. The minimum absolute atomic E-state index is 0.217. The van der Waals surface area contributed by atoms with Crippen molar-refractivity contribution >= 4 is 22.4 Å². The largest absolute Gasteiger partial charge is 0.347 e. The van der Waals surface area contributed by atoms with E-state index in [2.05, 4.69) is 20.5 Å². The lowest BCUT2D eigenvalue weighted by atomic mass is 10.2. The van der Waals surface area contributed by atoms with E-state index in [0.717, 1.165) is 17.0 Å². The van der Waals surface area contributed by atoms with Gasteiger partial charge < -0.3 is 5.32 Å². The van der Waals surface area contributed by atoms with E-state index >= 15 is 0 Å². The van der Waals surface area contributed by atoms with Crippen molar-refractivity contribution in [3.63, 3.8) is 0 Å². The standard InChI is InChI=1S/C18H18FN5O2S/c1-11-10-12(2)24(18(26)20-11)9-5-8-15(25)21-17-23-22-16(27-17)13-6-3-4-7-14(13)19/h3-4,6-7,10H,5,8-9H2,1-2H3,(H,21,23,25). The van der Waals surface area contributed by atoms with Crippen LogP contribution in [0.1, 0.15) is 24.2 Å². The molecule has 0 saturated carbocycles. The third kappa shape index (κ3) is 4.62. The Morgan fingerprint density at radius 2 is 2.04 bits per heavy atom. The Bertz CT molecular complexity index is 1030. The molecule has 0 aliphatic rings. The van der Waals surface area contributed by atoms with Crippen molar-refractivity contribution in [2.24, 2.45) is 0 Å². The highest BCUT2D eigenvalue weighted by atomic mass is 32.1. The zero-order valence-corrected chi connectivity index (χ0v) is 15.7. The zero-order chi connectivity index (χ0) is 19.4. The second kappa shape index (κ2) is 8.17. The number of aryl methyl sites for hydroxylation is 2. The molecule has 27 heavy (non-hydrogen) atoms. The minimum atomic E-state index is -0.390. The van der Waals surface area contributed by atoms with E-state index in [1.807, 2.05) is 13.0 Å². The molecule has 2 heterocycles. The molecule has 1 aromatic carbocycles. The van der Waals surface area contributed by atoms with E-state index in [-0.39, 0.29) is 23.8 Å². The molecule has 140 valence electrons. The molecule has 7 nitrogen and oxygen atoms in total. The molecule has 3 aromatic rings. The molecule has 1 amide bonds. The summed E-state index contributed by atoms with van der Waals surface area (Å²) in [4.78, 5) is 27.9. The first-order chi connectivity index (χ1) is 12.9. The number of nitrogens with zero attached hydrogens (tertiary/aromatic N) is 4. The van der Waals surface area contributed by atoms with Gasteiger partial charge in [0.05, 0.1) is 0 Å². The second-order valence-electron chi connectivity index (χ2n) is 6.02. The predicted molar refractivity (Wildman–Crippen MR) is 101 cm³/mol. The average molecular weight is 387 g/mol. The SMILES string of the molecule is Cc1cc(C)n(CCCC(=O)Nc2nnc(-c3ccccc3F)s2)c(=O)n1. The Morgan fingerprint density at radius 3 is 2.78 bits per heavy atom. The topological polar surface area (TPSA) is 89.8 Å². The molecule has 0 spiro atoms. The molecule has 0 saturated heterocycles. The molecule has 0 aliphatic heterocycles. The van der Waals surface area contributed by atoms with Crippen LogP contribution in [-0.4, -0.2) is 25.7 Å². The number of anilines is 1. The lowest BCUT2D eigenvalue weighted by Gasteiger charge is -2.09. The van der Waals surface area contributed by atoms with Crippen molar-refractivity contribution in [2.45, 2.75) is 33.2 Å². The van der Waals surface area contributed by atoms with Gasteiger partial charge in [-0.15, -0.1) is 10.2 Å². The van der Waals surface area contributed by atoms with Gasteiger partial charge in [-0.2, -0.15) is 4.98 Å². The number of amides is 1. The number of rotatable bonds is 6. The predicted octanol–water partition coefficient (Wildman–Crippen LogP) is 2.94. The van der Waals surface area contributed by atoms with Gasteiger partial charge in [-0.25, -0.2) is 9.18 Å². The molecule has 9 heteroatoms. The normalized spacial score (nSPS) is 10.8. The van der Waals surface area contributed by atoms with Gasteiger partial charge in [0.15, 0.2) is 5.01 Å². The maximum atomic E-state index is 13.8. The molecule has 1 N–H and O–H groups in total. The summed E-state index contributed by atoms with van der Waals surface area (Å²) in [7, 11) is 0. The van der Waals surface area contributed by atoms with Crippen molar-refractivity contribution in [1.82, 2.24) is 19.7 Å². The van der Waals surface area contributed by atoms with Crippen molar-refractivity contribution < 1.29 is 9.18 Å². The van der Waals surface area contributed by atoms with Crippen LogP contribution in [0, 0.1) is 19.7 Å². The molecule has 0 radical (unpaired) electrons. The summed E-state index contributed by atoms with van der Waals surface area (Å²) in [6.45, 7) is 4.01. The van der Waals surface area contributed by atoms with Crippen molar-refractivity contribution in [2.75, 3.05) is 5.32 Å². The highest BCUT2D eigenvalue weighted by Crippen LogP contribution is 2.28. The fourth-order valence-corrected chi connectivity index (χ4v) is 3.43. The number of benzene rings is 1. The first-order valence-electron chi connectivity index (χ1n) is 8.37. The van der Waals surface area contributed by atoms with Crippen LogP contribution in [0.5, 0.6) is 0 Å². The highest BCUT2D eigenvalue weighted by Gasteiger charge is 2.12. The Kier molecular flexibility index (Phi) is 5.70. The van der Waals surface area contributed by atoms with E-state index in [1.54, 1.807) is 29.7 Å². The van der Waals surface area contributed by atoms with Crippen LogP contribution in [0.4, 0.5) is 9.52 Å². The Balaban J connectivity index is 1.56. The van der Waals surface area contributed by atoms with Gasteiger partial charge in [-0.1, -0.05) is 23.5 Å². The summed E-state index contributed by atoms with van der Waals surface area (Å²) < 4.78 is 15.3. The fourth-order valence-electron chi connectivity index (χ4n) is 2.64. The lowest BCUT2D eigenvalue weighted by molar-refractivity contribution is -0.116. The zero-order valence-electron chi connectivity index (χ0n) is 14.9. The Morgan fingerprint density at radius 1 is 1.26 bits per heavy atom. The van der Waals surface area contributed by atoms with Crippen molar-refractivity contribution in [3.8, 4) is 10.6 Å². The smallest absolute Gasteiger partial charge is 0.301 e. The minimum Gasteiger partial charge on any atom is -0.301 e. The van der Waals surface area contributed by atoms with Crippen molar-refractivity contribution in [3.05, 3.63) is 58.0 Å². The third-order valence-corrected chi connectivity index (χ3v) is 4.78. The number of aromatic nitrogens is 4. The lowest BCUT2D eigenvalue weighted by Crippen LogP contribution is -2.26. The molecule has 0 atom stereocenters. The van der Waals surface area contributed by atoms with Crippen LogP contribution >= 0.6 is 11.3 Å². The third-order valence-electron chi connectivity index (χ3n) is 3.91. The summed E-state index contributed by atoms with van der Waals surface area (Å²) in [5, 5.41) is 11.2. The molecule has 3 rings (SSSR count). The van der Waals surface area contributed by atoms with E-state index in [4.69, 9.17) is 0 Å². The van der Waals surface area contributed by atoms with Gasteiger partial charge in [0, 0.05) is 29.9 Å². The maximum Gasteiger partial charge on any atom is 0.347 e. The number of hydrogen-bond donors (Lipinski definition) is 1. The van der Waals surface area contributed by atoms with Crippen LogP contribution in [0.2, 0.25) is 0 Å². The van der Waals surface area contributed by atoms with Crippen LogP contribution in [-0.2, 0) is 11.3 Å². The molecule has 2 aromatic heterocycles. The van der Waals surface area contributed by atoms with Gasteiger partial charge in [-0.05, 0) is 38.5 Å². The molecular weight excluding hydrogens is 369 g/mol. The monoisotopic (exact) mass is 387 g/mol. The number of carbonyl (C=O) groups excluding carboxylic acids is 1. The summed E-state index contributed by atoms with van der Waals surface area (Å²) in [6, 6.07) is 8.09. The summed E-state index contributed by atoms with van der Waals surface area (Å²) in [5.74, 6) is -0.629. The van der Waals surface area contributed by atoms with Gasteiger partial charge in [0.2, 0.25) is 11.0 Å². The molecule has 0 unspecified atom stereocenters. The van der Waals surface area contributed by atoms with Gasteiger partial charge >= 0.3 is 5.69 Å². The van der Waals surface area contributed by atoms with Gasteiger partial charge in [0.1, 0.15) is 5.82 Å². The van der Waals surface area contributed by atoms with Crippen LogP contribution in [0.15, 0.2) is 35.1 Å². The van der Waals surface area contributed by atoms with E-state index in [9.17, 15) is 14.0 Å². The Labute approximate surface area is 158 Å². The summed E-state index contributed by atoms with van der Waals surface area (Å²) in [6.07, 6.45) is 0.699. The summed E-state index contributed by atoms with van der Waals surface area (Å²) in [5.41, 5.74) is 1.52. The number of hydrogen-bond acceptors (Lipinski definition) is 6. The number of carbonyl (C=O) groups is 1. The number of halogens is 1. The maximum absolute atomic E-state index is 13.8. The van der Waals surface area contributed by atoms with E-state index in [0.29, 0.717) is 34.4 Å². The molecular formula is C18H18FN5O2S. The molecule has 0 fully saturated rings. The second-order valence-corrected chi connectivity index (χ2v) is 6.99. The van der Waals surface area contributed by atoms with Gasteiger partial charge in [-0.3, -0.25) is 9.36 Å². The van der Waals surface area contributed by atoms with Crippen LogP contribution in [0.3, 0.4) is 0 Å². The number of nitrogens with one attached hydrogen (secondary N) is 1.